The lowest BCUT2D eigenvalue weighted by Crippen LogP contribution is -2.64. The molecule has 5 heteroatoms. The fraction of sp³-hybridized carbons (Fsp3) is 0.737. The predicted octanol–water partition coefficient (Wildman–Crippen LogP) is 2.07. The summed E-state index contributed by atoms with van der Waals surface area (Å²) in [5, 5.41) is 0. The minimum absolute atomic E-state index is 0.0363. The Balaban J connectivity index is 1.66. The summed E-state index contributed by atoms with van der Waals surface area (Å²) >= 11 is 0. The average Bonchev–Trinajstić information content (AvgIpc) is 3.11. The van der Waals surface area contributed by atoms with E-state index >= 15 is 0 Å². The van der Waals surface area contributed by atoms with E-state index in [1.54, 1.807) is 0 Å². The molecule has 2 fully saturated rings. The average molecular weight is 332 g/mol. The van der Waals surface area contributed by atoms with Crippen molar-refractivity contribution < 1.29 is 4.79 Å². The van der Waals surface area contributed by atoms with E-state index in [9.17, 15) is 4.79 Å². The van der Waals surface area contributed by atoms with Crippen LogP contribution < -0.4 is 0 Å². The summed E-state index contributed by atoms with van der Waals surface area (Å²) in [6, 6.07) is 3.98. The first-order valence-electron chi connectivity index (χ1n) is 9.37. The fourth-order valence-electron chi connectivity index (χ4n) is 4.38. The molecule has 2 aliphatic rings. The molecular formula is C19H32N4O. The van der Waals surface area contributed by atoms with Crippen molar-refractivity contribution in [1.82, 2.24) is 19.3 Å². The van der Waals surface area contributed by atoms with Crippen molar-refractivity contribution in [3.05, 3.63) is 24.5 Å². The Bertz CT molecular complexity index is 534. The van der Waals surface area contributed by atoms with Gasteiger partial charge >= 0.3 is 0 Å². The standard InChI is InChI=1S/C19H32N4O/c1-4-7-17(22-10-5-6-11-22)18(24)23-12-8-19(9-13-23)16-20(2)14-15-21(19)3/h5-6,10-11,17H,4,7-9,12-16H2,1-3H3/t17-/m0/s1. The van der Waals surface area contributed by atoms with E-state index in [1.807, 2.05) is 24.5 Å². The quantitative estimate of drug-likeness (QED) is 0.846. The maximum atomic E-state index is 13.1. The van der Waals surface area contributed by atoms with Gasteiger partial charge in [-0.1, -0.05) is 13.3 Å². The van der Waals surface area contributed by atoms with Gasteiger partial charge in [0.1, 0.15) is 6.04 Å². The molecule has 0 radical (unpaired) electrons. The van der Waals surface area contributed by atoms with Crippen LogP contribution in [0.25, 0.3) is 0 Å². The van der Waals surface area contributed by atoms with Gasteiger partial charge in [0.25, 0.3) is 0 Å². The minimum Gasteiger partial charge on any atom is -0.342 e. The molecule has 2 aliphatic heterocycles. The number of hydrogen-bond acceptors (Lipinski definition) is 3. The van der Waals surface area contributed by atoms with E-state index in [0.717, 1.165) is 58.4 Å². The molecule has 1 spiro atoms. The third kappa shape index (κ3) is 3.38. The number of rotatable bonds is 4. The van der Waals surface area contributed by atoms with Crippen molar-refractivity contribution in [1.29, 1.82) is 0 Å². The number of carbonyl (C=O) groups is 1. The topological polar surface area (TPSA) is 31.7 Å². The number of piperidine rings is 1. The van der Waals surface area contributed by atoms with Crippen molar-refractivity contribution in [2.24, 2.45) is 0 Å². The van der Waals surface area contributed by atoms with Crippen LogP contribution in [0.5, 0.6) is 0 Å². The smallest absolute Gasteiger partial charge is 0.245 e. The first-order valence-corrected chi connectivity index (χ1v) is 9.37. The van der Waals surface area contributed by atoms with E-state index in [-0.39, 0.29) is 11.6 Å². The SMILES string of the molecule is CCC[C@@H](C(=O)N1CCC2(CC1)CN(C)CCN2C)n1cccc1. The first kappa shape index (κ1) is 17.5. The van der Waals surface area contributed by atoms with Gasteiger partial charge in [0, 0.05) is 50.7 Å². The van der Waals surface area contributed by atoms with Crippen molar-refractivity contribution in [2.45, 2.75) is 44.2 Å². The number of amides is 1. The van der Waals surface area contributed by atoms with Gasteiger partial charge in [-0.2, -0.15) is 0 Å². The number of likely N-dealkylation sites (tertiary alicyclic amines) is 1. The predicted molar refractivity (Wildman–Crippen MR) is 97.0 cm³/mol. The molecule has 0 aromatic carbocycles. The van der Waals surface area contributed by atoms with Crippen LogP contribution in [0.2, 0.25) is 0 Å². The lowest BCUT2D eigenvalue weighted by atomic mass is 9.83. The number of hydrogen-bond donors (Lipinski definition) is 0. The summed E-state index contributed by atoms with van der Waals surface area (Å²) in [7, 11) is 4.47. The zero-order chi connectivity index (χ0) is 17.2. The highest BCUT2D eigenvalue weighted by atomic mass is 16.2. The molecule has 3 rings (SSSR count). The normalized spacial score (nSPS) is 23.5. The van der Waals surface area contributed by atoms with Gasteiger partial charge in [0.2, 0.25) is 5.91 Å². The zero-order valence-corrected chi connectivity index (χ0v) is 15.4. The first-order chi connectivity index (χ1) is 11.6. The van der Waals surface area contributed by atoms with Gasteiger partial charge in [-0.25, -0.2) is 0 Å². The van der Waals surface area contributed by atoms with Crippen LogP contribution in [-0.4, -0.2) is 77.5 Å². The lowest BCUT2D eigenvalue weighted by Gasteiger charge is -2.52. The van der Waals surface area contributed by atoms with E-state index < -0.39 is 0 Å². The van der Waals surface area contributed by atoms with Crippen molar-refractivity contribution in [3.8, 4) is 0 Å². The fourth-order valence-corrected chi connectivity index (χ4v) is 4.38. The van der Waals surface area contributed by atoms with Crippen LogP contribution in [0, 0.1) is 0 Å². The van der Waals surface area contributed by atoms with Crippen LogP contribution in [-0.2, 0) is 4.79 Å². The monoisotopic (exact) mass is 332 g/mol. The van der Waals surface area contributed by atoms with E-state index in [2.05, 4.69) is 40.3 Å². The summed E-state index contributed by atoms with van der Waals surface area (Å²) in [6.45, 7) is 7.33. The molecule has 1 amide bonds. The molecule has 24 heavy (non-hydrogen) atoms. The molecule has 3 heterocycles. The third-order valence-corrected chi connectivity index (χ3v) is 6.03. The van der Waals surface area contributed by atoms with Crippen LogP contribution in [0.1, 0.15) is 38.6 Å². The maximum absolute atomic E-state index is 13.1. The second-order valence-corrected chi connectivity index (χ2v) is 7.64. The maximum Gasteiger partial charge on any atom is 0.245 e. The number of aromatic nitrogens is 1. The summed E-state index contributed by atoms with van der Waals surface area (Å²) in [4.78, 5) is 20.2. The Morgan fingerprint density at radius 2 is 1.75 bits per heavy atom. The molecule has 0 saturated carbocycles. The number of carbonyl (C=O) groups excluding carboxylic acids is 1. The Morgan fingerprint density at radius 1 is 1.08 bits per heavy atom. The van der Waals surface area contributed by atoms with Gasteiger partial charge in [-0.3, -0.25) is 9.69 Å². The third-order valence-electron chi connectivity index (χ3n) is 6.03. The largest absolute Gasteiger partial charge is 0.342 e. The van der Waals surface area contributed by atoms with E-state index in [4.69, 9.17) is 0 Å². The van der Waals surface area contributed by atoms with Gasteiger partial charge in [0.05, 0.1) is 0 Å². The Hall–Kier alpha value is -1.33. The number of likely N-dealkylation sites (N-methyl/N-ethyl adjacent to an activating group) is 2. The second-order valence-electron chi connectivity index (χ2n) is 7.64. The molecule has 0 aliphatic carbocycles. The van der Waals surface area contributed by atoms with Crippen molar-refractivity contribution in [2.75, 3.05) is 46.8 Å². The molecule has 134 valence electrons. The van der Waals surface area contributed by atoms with E-state index in [0.29, 0.717) is 5.91 Å². The lowest BCUT2D eigenvalue weighted by molar-refractivity contribution is -0.138. The zero-order valence-electron chi connectivity index (χ0n) is 15.4. The van der Waals surface area contributed by atoms with Gasteiger partial charge < -0.3 is 14.4 Å². The van der Waals surface area contributed by atoms with Gasteiger partial charge in [-0.05, 0) is 45.5 Å². The van der Waals surface area contributed by atoms with Crippen molar-refractivity contribution in [3.63, 3.8) is 0 Å². The van der Waals surface area contributed by atoms with Crippen LogP contribution in [0.3, 0.4) is 0 Å². The van der Waals surface area contributed by atoms with Crippen LogP contribution in [0.15, 0.2) is 24.5 Å². The van der Waals surface area contributed by atoms with Crippen LogP contribution in [0.4, 0.5) is 0 Å². The summed E-state index contributed by atoms with van der Waals surface area (Å²) in [5.41, 5.74) is 0.261. The molecule has 1 aromatic rings. The van der Waals surface area contributed by atoms with Gasteiger partial charge in [-0.15, -0.1) is 0 Å². The molecule has 0 N–H and O–H groups in total. The molecular weight excluding hydrogens is 300 g/mol. The second kappa shape index (κ2) is 7.28. The summed E-state index contributed by atoms with van der Waals surface area (Å²) < 4.78 is 2.08. The summed E-state index contributed by atoms with van der Waals surface area (Å²) in [6.07, 6.45) is 8.16. The van der Waals surface area contributed by atoms with Crippen LogP contribution >= 0.6 is 0 Å². The highest BCUT2D eigenvalue weighted by Crippen LogP contribution is 2.32. The van der Waals surface area contributed by atoms with Gasteiger partial charge in [0.15, 0.2) is 0 Å². The molecule has 0 unspecified atom stereocenters. The molecule has 5 nitrogen and oxygen atoms in total. The van der Waals surface area contributed by atoms with E-state index in [1.165, 1.54) is 0 Å². The molecule has 1 aromatic heterocycles. The molecule has 0 bridgehead atoms. The Labute approximate surface area is 146 Å². The summed E-state index contributed by atoms with van der Waals surface area (Å²) in [5.74, 6) is 0.301. The molecule has 1 atom stereocenters. The highest BCUT2D eigenvalue weighted by molar-refractivity contribution is 5.80. The Kier molecular flexibility index (Phi) is 5.30. The number of nitrogens with zero attached hydrogens (tertiary/aromatic N) is 4. The Morgan fingerprint density at radius 3 is 2.38 bits per heavy atom. The van der Waals surface area contributed by atoms with Crippen molar-refractivity contribution >= 4 is 5.91 Å². The number of piperazine rings is 1. The molecule has 2 saturated heterocycles. The highest BCUT2D eigenvalue weighted by Gasteiger charge is 2.42. The minimum atomic E-state index is -0.0363.